The first kappa shape index (κ1) is 116. The smallest absolute Gasteiger partial charge is 0.335 e. The van der Waals surface area contributed by atoms with Crippen LogP contribution in [0.5, 0.6) is 0 Å². The summed E-state index contributed by atoms with van der Waals surface area (Å²) in [6.07, 6.45) is 15.2. The number of aliphatic hydroxyl groups excluding tert-OH is 2. The van der Waals surface area contributed by atoms with E-state index in [1.54, 1.807) is 181 Å². The lowest BCUT2D eigenvalue weighted by Crippen LogP contribution is -2.34. The molecule has 0 heterocycles. The van der Waals surface area contributed by atoms with Crippen LogP contribution < -0.4 is 26.6 Å². The number of carbonyl (C=O) groups is 12. The number of amides is 9. The lowest BCUT2D eigenvalue weighted by molar-refractivity contribution is -0.137. The Balaban J connectivity index is 0.000000793. The number of hydrogen-bond acceptors (Lipinski definition) is 14. The summed E-state index contributed by atoms with van der Waals surface area (Å²) in [7, 11) is 13.9. The molecule has 132 heavy (non-hydrogen) atoms. The second kappa shape index (κ2) is 69.4. The van der Waals surface area contributed by atoms with Gasteiger partial charge in [0.1, 0.15) is 5.78 Å². The average Bonchev–Trinajstić information content (AvgIpc) is 0.917. The van der Waals surface area contributed by atoms with Crippen LogP contribution in [-0.2, 0) is 28.8 Å². The first-order valence-corrected chi connectivity index (χ1v) is 45.0. The molecule has 0 saturated carbocycles. The Morgan fingerprint density at radius 2 is 0.515 bits per heavy atom. The monoisotopic (exact) mass is 1810 g/mol. The zero-order valence-electron chi connectivity index (χ0n) is 80.4. The Morgan fingerprint density at radius 1 is 0.288 bits per heavy atom. The van der Waals surface area contributed by atoms with Crippen LogP contribution >= 0.6 is 0 Å². The molecule has 0 radical (unpaired) electrons. The highest BCUT2D eigenvalue weighted by atomic mass is 16.4. The summed E-state index contributed by atoms with van der Waals surface area (Å²) < 4.78 is 0. The quantitative estimate of drug-likeness (QED) is 0.0130. The summed E-state index contributed by atoms with van der Waals surface area (Å²) >= 11 is 0. The Labute approximate surface area is 784 Å². The van der Waals surface area contributed by atoms with Crippen LogP contribution in [0.2, 0.25) is 0 Å². The number of ketones is 1. The van der Waals surface area contributed by atoms with Crippen LogP contribution in [0.3, 0.4) is 0 Å². The van der Waals surface area contributed by atoms with Gasteiger partial charge in [-0.15, -0.1) is 0 Å². The molecule has 9 amide bonds. The van der Waals surface area contributed by atoms with Crippen LogP contribution in [0.4, 0.5) is 0 Å². The maximum Gasteiger partial charge on any atom is 0.335 e. The van der Waals surface area contributed by atoms with Crippen molar-refractivity contribution in [2.75, 3.05) is 69.6 Å². The fourth-order valence-corrected chi connectivity index (χ4v) is 10.6. The normalized spacial score (nSPS) is 10.9. The fraction of sp³-hybridized carbons (Fsp3) is 0.439. The van der Waals surface area contributed by atoms with Gasteiger partial charge in [0, 0.05) is 231 Å². The third kappa shape index (κ3) is 55.3. The molecule has 5 unspecified atom stereocenters. The number of nitrogens with one attached hydrogen (secondary N) is 5. The van der Waals surface area contributed by atoms with Gasteiger partial charge >= 0.3 is 11.9 Å². The Hall–Kier alpha value is -13.6. The predicted octanol–water partition coefficient (Wildman–Crippen LogP) is 14.6. The topological polar surface area (TPSA) is 359 Å². The average molecular weight is 1810 g/mol. The third-order valence-corrected chi connectivity index (χ3v) is 19.3. The molecule has 0 aliphatic rings. The zero-order chi connectivity index (χ0) is 98.7. The highest BCUT2D eigenvalue weighted by Crippen LogP contribution is 2.14. The van der Waals surface area contributed by atoms with Crippen LogP contribution in [0.1, 0.15) is 306 Å². The molecule has 0 aromatic heterocycles. The SMILES string of the molecule is CC(CO)NC(=O)c1cccc(C#CCCCCC(=O)N(C)C)c1.CCC(=O)CCCC#Cc1cccc(C(=O)NC(C)CO)c1.CCC(C)NC(=O)c1cccc(C#CCCC(=O)N(C)C)c1.CCC(C)NC(=O)c1cccc(C#CCCCC(=O)N(C)C)c1.CCC(C)NC(=O)c1cccc(C#CCCCCC(=O)O)c1.CN(C)C(=O)CCCC#Cc1cccc(C(=O)O)c1. The van der Waals surface area contributed by atoms with E-state index in [-0.39, 0.29) is 114 Å². The molecule has 6 rings (SSSR count). The minimum atomic E-state index is -0.958. The number of unbranched alkanes of at least 4 members (excludes halogenated alkanes) is 7. The molecule has 25 heteroatoms. The minimum Gasteiger partial charge on any atom is -0.481 e. The highest BCUT2D eigenvalue weighted by molar-refractivity contribution is 5.97. The van der Waals surface area contributed by atoms with Gasteiger partial charge in [-0.3, -0.25) is 52.7 Å². The summed E-state index contributed by atoms with van der Waals surface area (Å²) in [6, 6.07) is 42.4. The lowest BCUT2D eigenvalue weighted by atomic mass is 10.1. The number of aliphatic carboxylic acids is 1. The maximum absolute atomic E-state index is 12.1. The van der Waals surface area contributed by atoms with E-state index < -0.39 is 11.9 Å². The number of nitrogens with zero attached hydrogens (tertiary/aromatic N) is 4. The van der Waals surface area contributed by atoms with Crippen molar-refractivity contribution in [3.8, 4) is 71.0 Å². The van der Waals surface area contributed by atoms with E-state index in [2.05, 4.69) is 97.6 Å². The number of Topliss-reactive ketones (excluding diaryl/α,β-unsaturated/α-hetero) is 1. The molecule has 9 N–H and O–H groups in total. The third-order valence-electron chi connectivity index (χ3n) is 19.3. The summed E-state index contributed by atoms with van der Waals surface area (Å²) in [5.41, 5.74) is 7.76. The molecular weight excluding hydrogens is 1670 g/mol. The van der Waals surface area contributed by atoms with E-state index in [9.17, 15) is 57.5 Å². The van der Waals surface area contributed by atoms with Gasteiger partial charge in [0.05, 0.1) is 18.8 Å². The molecule has 0 bridgehead atoms. The van der Waals surface area contributed by atoms with E-state index in [1.165, 1.54) is 6.07 Å². The summed E-state index contributed by atoms with van der Waals surface area (Å²) in [5, 5.41) is 49.5. The predicted molar refractivity (Wildman–Crippen MR) is 522 cm³/mol. The molecule has 6 aromatic carbocycles. The van der Waals surface area contributed by atoms with Crippen molar-refractivity contribution in [2.45, 2.75) is 240 Å². The fourth-order valence-electron chi connectivity index (χ4n) is 10.6. The van der Waals surface area contributed by atoms with Crippen molar-refractivity contribution in [3.63, 3.8) is 0 Å². The zero-order valence-corrected chi connectivity index (χ0v) is 80.4. The van der Waals surface area contributed by atoms with Crippen LogP contribution in [0, 0.1) is 71.0 Å². The molecule has 0 spiro atoms. The number of carboxylic acid groups (broad SMARTS) is 2. The van der Waals surface area contributed by atoms with Crippen LogP contribution in [-0.4, -0.2) is 211 Å². The molecule has 0 saturated heterocycles. The van der Waals surface area contributed by atoms with Gasteiger partial charge in [-0.2, -0.15) is 0 Å². The summed E-state index contributed by atoms with van der Waals surface area (Å²) in [5.74, 6) is 34.4. The molecule has 0 aliphatic heterocycles. The summed E-state index contributed by atoms with van der Waals surface area (Å²) in [4.78, 5) is 144. The minimum absolute atomic E-state index is 0.0657. The van der Waals surface area contributed by atoms with Crippen LogP contribution in [0.15, 0.2) is 146 Å². The Bertz CT molecular complexity index is 5080. The number of carbonyl (C=O) groups excluding carboxylic acids is 10. The number of aromatic carboxylic acids is 1. The molecule has 25 nitrogen and oxygen atoms in total. The van der Waals surface area contributed by atoms with Crippen molar-refractivity contribution < 1.29 is 78.0 Å². The Kier molecular flexibility index (Phi) is 61.2. The molecular formula is C107H139N9O16. The number of rotatable bonds is 36. The number of hydrogen-bond donors (Lipinski definition) is 9. The van der Waals surface area contributed by atoms with Gasteiger partial charge in [-0.25, -0.2) is 4.79 Å². The van der Waals surface area contributed by atoms with E-state index in [4.69, 9.17) is 20.4 Å². The maximum atomic E-state index is 12.1. The van der Waals surface area contributed by atoms with Gasteiger partial charge in [0.2, 0.25) is 23.6 Å². The highest BCUT2D eigenvalue weighted by Gasteiger charge is 2.16. The first-order chi connectivity index (χ1) is 62.9. The largest absolute Gasteiger partial charge is 0.481 e. The molecule has 0 fully saturated rings. The van der Waals surface area contributed by atoms with Crippen molar-refractivity contribution in [1.82, 2.24) is 46.2 Å². The number of benzene rings is 6. The van der Waals surface area contributed by atoms with Gasteiger partial charge < -0.3 is 66.6 Å². The van der Waals surface area contributed by atoms with E-state index >= 15 is 0 Å². The van der Waals surface area contributed by atoms with Crippen molar-refractivity contribution in [2.24, 2.45) is 0 Å². The lowest BCUT2D eigenvalue weighted by Gasteiger charge is -2.11. The first-order valence-electron chi connectivity index (χ1n) is 45.0. The van der Waals surface area contributed by atoms with E-state index in [0.717, 1.165) is 85.6 Å². The molecule has 5 atom stereocenters. The van der Waals surface area contributed by atoms with Crippen molar-refractivity contribution in [3.05, 3.63) is 212 Å². The number of carboxylic acids is 2. The molecule has 6 aromatic rings. The second-order valence-corrected chi connectivity index (χ2v) is 32.0. The standard InChI is InChI=1S/C19H26N2O3.C19H26N2O2.C18H24N2O2.2C18H23NO3.C15H17NO3/c1-15(14-22)20-19(24)17-11-8-10-16(13-17)9-6-4-5-7-12-18(23)21(2)3;1-5-15(2)20-19(23)17-12-9-11-16(14-17)10-7-6-8-13-18(22)21(3)4;1-5-14(2)19-18(22)16-11-8-10-15(13-16)9-6-7-12-17(21)20(3)4;1-3-17(21)11-6-4-5-8-15-9-7-10-16(12-15)18(22)19-14(2)13-20;1-3-14(2)19-18(22)16-11-8-10-15(13-16)9-6-4-5-7-12-17(20)21;1-16(2)14(17)10-5-3-4-7-12-8-6-9-13(11-12)15(18)19/h8,10-11,13,15,22H,4-5,7,12,14H2,1-3H3,(H,20,24);9,11-12,14-15H,5-6,8,13H2,1-4H3,(H,20,23);8,10-11,13-14H,5,7,12H2,1-4H3,(H,19,22);7,9-10,12,14,20H,3-4,6,11,13H2,1-2H3,(H,19,22);8,10-11,13-14H,3-5,7,12H2,1-2H3,(H,19,22)(H,20,21);6,8-9,11H,3,5,10H2,1-2H3,(H,18,19). The molecule has 708 valence electrons. The van der Waals surface area contributed by atoms with Gasteiger partial charge in [0.15, 0.2) is 0 Å². The van der Waals surface area contributed by atoms with Crippen molar-refractivity contribution in [1.29, 1.82) is 0 Å². The Morgan fingerprint density at radius 3 is 0.765 bits per heavy atom. The van der Waals surface area contributed by atoms with Gasteiger partial charge in [-0.05, 0) is 208 Å². The number of aliphatic hydroxyl groups is 2. The van der Waals surface area contributed by atoms with Gasteiger partial charge in [-0.1, -0.05) is 135 Å². The van der Waals surface area contributed by atoms with E-state index in [1.807, 2.05) is 97.0 Å². The van der Waals surface area contributed by atoms with Crippen molar-refractivity contribution >= 4 is 70.9 Å². The van der Waals surface area contributed by atoms with Gasteiger partial charge in [0.25, 0.3) is 29.5 Å². The second-order valence-electron chi connectivity index (χ2n) is 32.0. The van der Waals surface area contributed by atoms with E-state index in [0.29, 0.717) is 117 Å². The summed E-state index contributed by atoms with van der Waals surface area (Å²) in [6.45, 7) is 17.2. The molecule has 0 aliphatic carbocycles. The van der Waals surface area contributed by atoms with Crippen LogP contribution in [0.25, 0.3) is 0 Å².